The molecule has 112 valence electrons. The minimum Gasteiger partial charge on any atom is -0.356 e. The first-order valence-corrected chi connectivity index (χ1v) is 8.10. The molecule has 3 heteroatoms. The number of amides is 1. The van der Waals surface area contributed by atoms with E-state index in [-0.39, 0.29) is 5.91 Å². The fraction of sp³-hybridized carbons (Fsp3) is 0.938. The summed E-state index contributed by atoms with van der Waals surface area (Å²) in [6, 6.07) is 0.408. The number of nitrogens with two attached hydrogens (primary N) is 1. The minimum absolute atomic E-state index is 0.236. The van der Waals surface area contributed by atoms with Crippen molar-refractivity contribution in [3.05, 3.63) is 0 Å². The third kappa shape index (κ3) is 8.25. The van der Waals surface area contributed by atoms with Crippen molar-refractivity contribution in [2.45, 2.75) is 77.7 Å². The molecule has 1 amide bonds. The third-order valence-corrected chi connectivity index (χ3v) is 4.20. The molecule has 0 aliphatic heterocycles. The van der Waals surface area contributed by atoms with E-state index >= 15 is 0 Å². The Bertz CT molecular complexity index is 245. The zero-order chi connectivity index (χ0) is 14.1. The molecule has 3 N–H and O–H groups in total. The number of hydrogen-bond acceptors (Lipinski definition) is 2. The predicted molar refractivity (Wildman–Crippen MR) is 80.9 cm³/mol. The van der Waals surface area contributed by atoms with E-state index in [1.54, 1.807) is 0 Å². The van der Waals surface area contributed by atoms with Crippen LogP contribution in [0, 0.1) is 11.8 Å². The SMILES string of the molecule is CC(C)CCCCNC(=O)CCC1CCC(N)CC1. The van der Waals surface area contributed by atoms with Crippen molar-refractivity contribution < 1.29 is 4.79 Å². The molecule has 0 unspecified atom stereocenters. The molecule has 0 saturated heterocycles. The lowest BCUT2D eigenvalue weighted by Gasteiger charge is -2.25. The largest absolute Gasteiger partial charge is 0.356 e. The normalized spacial score (nSPS) is 23.6. The van der Waals surface area contributed by atoms with Gasteiger partial charge in [-0.25, -0.2) is 0 Å². The molecule has 0 aromatic heterocycles. The van der Waals surface area contributed by atoms with Gasteiger partial charge in [-0.05, 0) is 50.4 Å². The van der Waals surface area contributed by atoms with Crippen LogP contribution in [0.15, 0.2) is 0 Å². The Morgan fingerprint density at radius 1 is 1.21 bits per heavy atom. The Kier molecular flexibility index (Phi) is 8.11. The molecule has 1 saturated carbocycles. The summed E-state index contributed by atoms with van der Waals surface area (Å²) >= 11 is 0. The van der Waals surface area contributed by atoms with Crippen LogP contribution < -0.4 is 11.1 Å². The van der Waals surface area contributed by atoms with Crippen molar-refractivity contribution in [2.75, 3.05) is 6.54 Å². The van der Waals surface area contributed by atoms with Gasteiger partial charge in [-0.15, -0.1) is 0 Å². The third-order valence-electron chi connectivity index (χ3n) is 4.20. The van der Waals surface area contributed by atoms with Gasteiger partial charge in [0.25, 0.3) is 0 Å². The van der Waals surface area contributed by atoms with Gasteiger partial charge < -0.3 is 11.1 Å². The first-order valence-electron chi connectivity index (χ1n) is 8.10. The van der Waals surface area contributed by atoms with Crippen LogP contribution in [-0.2, 0) is 4.79 Å². The summed E-state index contributed by atoms with van der Waals surface area (Å²) in [6.45, 7) is 5.34. The molecule has 1 rings (SSSR count). The zero-order valence-corrected chi connectivity index (χ0v) is 12.8. The zero-order valence-electron chi connectivity index (χ0n) is 12.8. The Labute approximate surface area is 118 Å². The first-order chi connectivity index (χ1) is 9.08. The molecule has 1 aliphatic rings. The molecule has 0 spiro atoms. The van der Waals surface area contributed by atoms with E-state index in [9.17, 15) is 4.79 Å². The van der Waals surface area contributed by atoms with Crippen LogP contribution in [0.1, 0.15) is 71.6 Å². The highest BCUT2D eigenvalue weighted by Gasteiger charge is 2.18. The summed E-state index contributed by atoms with van der Waals surface area (Å²) in [5.41, 5.74) is 5.89. The van der Waals surface area contributed by atoms with E-state index in [4.69, 9.17) is 5.73 Å². The van der Waals surface area contributed by atoms with E-state index in [2.05, 4.69) is 19.2 Å². The van der Waals surface area contributed by atoms with Crippen LogP contribution in [-0.4, -0.2) is 18.5 Å². The van der Waals surface area contributed by atoms with Gasteiger partial charge in [0.1, 0.15) is 0 Å². The van der Waals surface area contributed by atoms with Crippen LogP contribution in [0.3, 0.4) is 0 Å². The second-order valence-corrected chi connectivity index (χ2v) is 6.56. The summed E-state index contributed by atoms with van der Waals surface area (Å²) in [6.07, 6.45) is 10.0. The highest BCUT2D eigenvalue weighted by atomic mass is 16.1. The van der Waals surface area contributed by atoms with Crippen LogP contribution >= 0.6 is 0 Å². The lowest BCUT2D eigenvalue weighted by Crippen LogP contribution is -2.28. The number of carbonyl (C=O) groups excluding carboxylic acids is 1. The Balaban J connectivity index is 1.96. The average molecular weight is 268 g/mol. The molecule has 0 radical (unpaired) electrons. The van der Waals surface area contributed by atoms with E-state index < -0.39 is 0 Å². The van der Waals surface area contributed by atoms with Crippen molar-refractivity contribution in [1.82, 2.24) is 5.32 Å². The summed E-state index contributed by atoms with van der Waals surface area (Å²) in [5.74, 6) is 1.74. The second-order valence-electron chi connectivity index (χ2n) is 6.56. The van der Waals surface area contributed by atoms with Crippen molar-refractivity contribution in [3.8, 4) is 0 Å². The molecule has 0 aromatic carbocycles. The smallest absolute Gasteiger partial charge is 0.220 e. The van der Waals surface area contributed by atoms with E-state index in [0.29, 0.717) is 12.5 Å². The molecule has 3 nitrogen and oxygen atoms in total. The Hall–Kier alpha value is -0.570. The van der Waals surface area contributed by atoms with E-state index in [0.717, 1.165) is 44.1 Å². The molecule has 19 heavy (non-hydrogen) atoms. The summed E-state index contributed by atoms with van der Waals surface area (Å²) < 4.78 is 0. The van der Waals surface area contributed by atoms with Crippen molar-refractivity contribution >= 4 is 5.91 Å². The van der Waals surface area contributed by atoms with Crippen LogP contribution in [0.25, 0.3) is 0 Å². The quantitative estimate of drug-likeness (QED) is 0.664. The lowest BCUT2D eigenvalue weighted by molar-refractivity contribution is -0.121. The highest BCUT2D eigenvalue weighted by molar-refractivity contribution is 5.75. The van der Waals surface area contributed by atoms with Gasteiger partial charge in [0.15, 0.2) is 0 Å². The monoisotopic (exact) mass is 268 g/mol. The summed E-state index contributed by atoms with van der Waals surface area (Å²) in [4.78, 5) is 11.7. The number of unbranched alkanes of at least 4 members (excludes halogenated alkanes) is 1. The maximum absolute atomic E-state index is 11.7. The van der Waals surface area contributed by atoms with Gasteiger partial charge in [-0.3, -0.25) is 4.79 Å². The molecule has 0 heterocycles. The average Bonchev–Trinajstić information content (AvgIpc) is 2.37. The first kappa shape index (κ1) is 16.5. The molecule has 1 fully saturated rings. The van der Waals surface area contributed by atoms with Gasteiger partial charge in [0.05, 0.1) is 0 Å². The number of carbonyl (C=O) groups is 1. The fourth-order valence-electron chi connectivity index (χ4n) is 2.81. The van der Waals surface area contributed by atoms with Gasteiger partial charge in [0, 0.05) is 19.0 Å². The maximum Gasteiger partial charge on any atom is 0.220 e. The van der Waals surface area contributed by atoms with Crippen molar-refractivity contribution in [3.63, 3.8) is 0 Å². The number of rotatable bonds is 8. The summed E-state index contributed by atoms with van der Waals surface area (Å²) in [5, 5.41) is 3.04. The highest BCUT2D eigenvalue weighted by Crippen LogP contribution is 2.26. The molecule has 0 atom stereocenters. The fourth-order valence-corrected chi connectivity index (χ4v) is 2.81. The number of hydrogen-bond donors (Lipinski definition) is 2. The molecular formula is C16H32N2O. The second kappa shape index (κ2) is 9.35. The van der Waals surface area contributed by atoms with Gasteiger partial charge in [-0.1, -0.05) is 26.7 Å². The topological polar surface area (TPSA) is 55.1 Å². The van der Waals surface area contributed by atoms with Crippen molar-refractivity contribution in [1.29, 1.82) is 0 Å². The predicted octanol–water partition coefficient (Wildman–Crippen LogP) is 3.23. The van der Waals surface area contributed by atoms with Crippen molar-refractivity contribution in [2.24, 2.45) is 17.6 Å². The molecule has 0 aromatic rings. The van der Waals surface area contributed by atoms with E-state index in [1.165, 1.54) is 25.7 Å². The van der Waals surface area contributed by atoms with E-state index in [1.807, 2.05) is 0 Å². The molecular weight excluding hydrogens is 236 g/mol. The van der Waals surface area contributed by atoms with Crippen LogP contribution in [0.2, 0.25) is 0 Å². The Morgan fingerprint density at radius 2 is 1.89 bits per heavy atom. The lowest BCUT2D eigenvalue weighted by atomic mass is 9.84. The van der Waals surface area contributed by atoms with Gasteiger partial charge >= 0.3 is 0 Å². The molecule has 0 bridgehead atoms. The summed E-state index contributed by atoms with van der Waals surface area (Å²) in [7, 11) is 0. The minimum atomic E-state index is 0.236. The number of nitrogens with one attached hydrogen (secondary N) is 1. The van der Waals surface area contributed by atoms with Crippen LogP contribution in [0.5, 0.6) is 0 Å². The van der Waals surface area contributed by atoms with Gasteiger partial charge in [0.2, 0.25) is 5.91 Å². The van der Waals surface area contributed by atoms with Gasteiger partial charge in [-0.2, -0.15) is 0 Å². The molecule has 1 aliphatic carbocycles. The standard InChI is InChI=1S/C16H32N2O/c1-13(2)5-3-4-12-18-16(19)11-8-14-6-9-15(17)10-7-14/h13-15H,3-12,17H2,1-2H3,(H,18,19). The van der Waals surface area contributed by atoms with Crippen LogP contribution in [0.4, 0.5) is 0 Å². The maximum atomic E-state index is 11.7. The Morgan fingerprint density at radius 3 is 2.53 bits per heavy atom.